The number of benzene rings is 1. The number of alkyl carbamates (subject to hydrolysis) is 1. The van der Waals surface area contributed by atoms with Crippen LogP contribution >= 0.6 is 11.8 Å². The van der Waals surface area contributed by atoms with Crippen LogP contribution in [0.4, 0.5) is 4.79 Å². The fourth-order valence-electron chi connectivity index (χ4n) is 4.52. The van der Waals surface area contributed by atoms with Crippen molar-refractivity contribution in [3.63, 3.8) is 0 Å². The molecule has 1 aromatic rings. The van der Waals surface area contributed by atoms with E-state index in [-0.39, 0.29) is 5.91 Å². The maximum Gasteiger partial charge on any atom is 0.408 e. The van der Waals surface area contributed by atoms with Gasteiger partial charge in [-0.15, -0.1) is 0 Å². The lowest BCUT2D eigenvalue weighted by Crippen LogP contribution is -2.56. The first-order valence-electron chi connectivity index (χ1n) is 12.4. The minimum atomic E-state index is -0.587. The normalized spacial score (nSPS) is 19.2. The summed E-state index contributed by atoms with van der Waals surface area (Å²) >= 11 is 1.79. The van der Waals surface area contributed by atoms with E-state index in [0.29, 0.717) is 18.8 Å². The van der Waals surface area contributed by atoms with Gasteiger partial charge in [0.2, 0.25) is 5.91 Å². The van der Waals surface area contributed by atoms with Crippen molar-refractivity contribution in [2.75, 3.05) is 37.7 Å². The van der Waals surface area contributed by atoms with Crippen molar-refractivity contribution in [2.45, 2.75) is 71.1 Å². The molecule has 184 valence electrons. The topological polar surface area (TPSA) is 61.9 Å². The number of carbonyl (C=O) groups is 2. The first-order chi connectivity index (χ1) is 15.8. The van der Waals surface area contributed by atoms with Gasteiger partial charge in [-0.05, 0) is 50.8 Å². The molecular weight excluding hydrogens is 434 g/mol. The Bertz CT molecular complexity index is 739. The minimum absolute atomic E-state index is 0.0105. The summed E-state index contributed by atoms with van der Waals surface area (Å²) in [7, 11) is 0. The van der Waals surface area contributed by atoms with Crippen LogP contribution in [0, 0.1) is 5.92 Å². The predicted octanol–water partition coefficient (Wildman–Crippen LogP) is 4.54. The summed E-state index contributed by atoms with van der Waals surface area (Å²) in [6.45, 7) is 9.48. The van der Waals surface area contributed by atoms with Gasteiger partial charge in [0.25, 0.3) is 0 Å². The highest BCUT2D eigenvalue weighted by molar-refractivity contribution is 7.99. The Morgan fingerprint density at radius 2 is 1.73 bits per heavy atom. The molecule has 1 N–H and O–H groups in total. The maximum absolute atomic E-state index is 13.4. The molecule has 1 unspecified atom stereocenters. The molecule has 2 amide bonds. The van der Waals surface area contributed by atoms with Gasteiger partial charge in [0.05, 0.1) is 0 Å². The van der Waals surface area contributed by atoms with Crippen LogP contribution in [-0.4, -0.2) is 71.1 Å². The molecule has 33 heavy (non-hydrogen) atoms. The van der Waals surface area contributed by atoms with Crippen LogP contribution in [0.5, 0.6) is 0 Å². The molecule has 6 nitrogen and oxygen atoms in total. The average Bonchev–Trinajstić information content (AvgIpc) is 2.79. The van der Waals surface area contributed by atoms with Gasteiger partial charge >= 0.3 is 6.09 Å². The first kappa shape index (κ1) is 25.9. The van der Waals surface area contributed by atoms with Gasteiger partial charge in [0.15, 0.2) is 0 Å². The molecule has 7 heteroatoms. The molecular formula is C26H41N3O3S. The highest BCUT2D eigenvalue weighted by Crippen LogP contribution is 2.27. The Hall–Kier alpha value is -1.73. The number of nitrogens with one attached hydrogen (secondary N) is 1. The zero-order valence-corrected chi connectivity index (χ0v) is 21.4. The van der Waals surface area contributed by atoms with Gasteiger partial charge in [-0.1, -0.05) is 49.6 Å². The van der Waals surface area contributed by atoms with Crippen molar-refractivity contribution in [3.05, 3.63) is 35.9 Å². The Balaban J connectivity index is 1.52. The van der Waals surface area contributed by atoms with Crippen LogP contribution in [0.25, 0.3) is 0 Å². The third kappa shape index (κ3) is 9.20. The van der Waals surface area contributed by atoms with Crippen LogP contribution in [0.2, 0.25) is 0 Å². The summed E-state index contributed by atoms with van der Waals surface area (Å²) in [6.07, 6.45) is 6.04. The Morgan fingerprint density at radius 1 is 1.06 bits per heavy atom. The summed E-state index contributed by atoms with van der Waals surface area (Å²) in [6, 6.07) is 9.89. The van der Waals surface area contributed by atoms with Gasteiger partial charge < -0.3 is 15.0 Å². The Labute approximate surface area is 203 Å². The molecule has 1 aromatic carbocycles. The third-order valence-corrected chi connectivity index (χ3v) is 7.56. The molecule has 0 aromatic heterocycles. The number of carbonyl (C=O) groups excluding carboxylic acids is 2. The molecule has 1 atom stereocenters. The zero-order valence-electron chi connectivity index (χ0n) is 20.6. The van der Waals surface area contributed by atoms with Crippen LogP contribution in [0.15, 0.2) is 30.3 Å². The van der Waals surface area contributed by atoms with Gasteiger partial charge in [0, 0.05) is 38.5 Å². The highest BCUT2D eigenvalue weighted by Gasteiger charge is 2.30. The van der Waals surface area contributed by atoms with Crippen molar-refractivity contribution in [2.24, 2.45) is 5.92 Å². The number of amides is 2. The average molecular weight is 476 g/mol. The first-order valence-corrected chi connectivity index (χ1v) is 13.6. The van der Waals surface area contributed by atoms with Crippen LogP contribution in [0.1, 0.15) is 58.4 Å². The predicted molar refractivity (Wildman–Crippen MR) is 135 cm³/mol. The second kappa shape index (κ2) is 12.7. The summed E-state index contributed by atoms with van der Waals surface area (Å²) in [5, 5.41) is 2.87. The third-order valence-electron chi connectivity index (χ3n) is 6.28. The fourth-order valence-corrected chi connectivity index (χ4v) is 5.78. The molecule has 2 aliphatic rings. The quantitative estimate of drug-likeness (QED) is 0.598. The lowest BCUT2D eigenvalue weighted by Gasteiger charge is -2.36. The molecule has 0 spiro atoms. The summed E-state index contributed by atoms with van der Waals surface area (Å²) < 4.78 is 5.45. The van der Waals surface area contributed by atoms with Crippen molar-refractivity contribution < 1.29 is 14.3 Å². The van der Waals surface area contributed by atoms with E-state index < -0.39 is 17.7 Å². The monoisotopic (exact) mass is 475 g/mol. The number of ether oxygens (including phenoxy) is 1. The van der Waals surface area contributed by atoms with E-state index in [2.05, 4.69) is 34.5 Å². The number of piperazine rings is 1. The Morgan fingerprint density at radius 3 is 2.36 bits per heavy atom. The number of thioether (sulfide) groups is 1. The van der Waals surface area contributed by atoms with Gasteiger partial charge in [0.1, 0.15) is 11.6 Å². The molecule has 1 heterocycles. The smallest absolute Gasteiger partial charge is 0.408 e. The van der Waals surface area contributed by atoms with Gasteiger partial charge in [-0.25, -0.2) is 4.79 Å². The van der Waals surface area contributed by atoms with E-state index in [1.807, 2.05) is 31.7 Å². The molecule has 1 aliphatic carbocycles. The molecule has 0 bridgehead atoms. The van der Waals surface area contributed by atoms with Crippen molar-refractivity contribution in [3.8, 4) is 0 Å². The van der Waals surface area contributed by atoms with E-state index in [0.717, 1.165) is 31.3 Å². The molecule has 1 saturated heterocycles. The molecule has 1 aliphatic heterocycles. The Kier molecular flexibility index (Phi) is 9.93. The second-order valence-corrected chi connectivity index (χ2v) is 11.4. The van der Waals surface area contributed by atoms with E-state index in [9.17, 15) is 9.59 Å². The second-order valence-electron chi connectivity index (χ2n) is 10.3. The maximum atomic E-state index is 13.4. The summed E-state index contributed by atoms with van der Waals surface area (Å²) in [5.74, 6) is 2.41. The summed E-state index contributed by atoms with van der Waals surface area (Å²) in [5.41, 5.74) is 0.705. The number of nitrogens with zero attached hydrogens (tertiary/aromatic N) is 2. The number of hydrogen-bond donors (Lipinski definition) is 1. The zero-order chi connectivity index (χ0) is 23.7. The van der Waals surface area contributed by atoms with Crippen molar-refractivity contribution in [1.29, 1.82) is 0 Å². The standard InChI is InChI=1S/C26H41N3O3S/c1-26(2,3)32-25(31)27-23(20-33-19-22-12-8-5-9-13-22)24(30)29-16-14-28(15-17-29)18-21-10-6-4-7-11-21/h4,6-7,10-11,22-23H,5,8-9,12-20H2,1-3H3,(H,27,31). The van der Waals surface area contributed by atoms with Crippen molar-refractivity contribution in [1.82, 2.24) is 15.1 Å². The molecule has 2 fully saturated rings. The van der Waals surface area contributed by atoms with Gasteiger partial charge in [-0.3, -0.25) is 9.69 Å². The van der Waals surface area contributed by atoms with Crippen molar-refractivity contribution >= 4 is 23.8 Å². The van der Waals surface area contributed by atoms with Crippen LogP contribution in [-0.2, 0) is 16.1 Å². The molecule has 1 saturated carbocycles. The van der Waals surface area contributed by atoms with E-state index in [1.54, 1.807) is 11.8 Å². The SMILES string of the molecule is CC(C)(C)OC(=O)NC(CSCC1CCCCC1)C(=O)N1CCN(Cc2ccccc2)CC1. The lowest BCUT2D eigenvalue weighted by atomic mass is 9.91. The highest BCUT2D eigenvalue weighted by atomic mass is 32.2. The number of rotatable bonds is 8. The largest absolute Gasteiger partial charge is 0.444 e. The fraction of sp³-hybridized carbons (Fsp3) is 0.692. The van der Waals surface area contributed by atoms with Gasteiger partial charge in [-0.2, -0.15) is 11.8 Å². The van der Waals surface area contributed by atoms with E-state index in [1.165, 1.54) is 37.7 Å². The van der Waals surface area contributed by atoms with Crippen LogP contribution in [0.3, 0.4) is 0 Å². The lowest BCUT2D eigenvalue weighted by molar-refractivity contribution is -0.134. The van der Waals surface area contributed by atoms with E-state index in [4.69, 9.17) is 4.74 Å². The summed E-state index contributed by atoms with van der Waals surface area (Å²) in [4.78, 5) is 30.1. The minimum Gasteiger partial charge on any atom is -0.444 e. The number of hydrogen-bond acceptors (Lipinski definition) is 5. The molecule has 3 rings (SSSR count). The van der Waals surface area contributed by atoms with E-state index >= 15 is 0 Å². The molecule has 0 radical (unpaired) electrons. The van der Waals surface area contributed by atoms with Crippen LogP contribution < -0.4 is 5.32 Å².